The number of halogens is 1. The molecule has 0 aromatic rings. The van der Waals surface area contributed by atoms with Crippen LogP contribution in [0.4, 0.5) is 0 Å². The molecular formula is C14H28IN3. The third-order valence-corrected chi connectivity index (χ3v) is 3.36. The van der Waals surface area contributed by atoms with Crippen LogP contribution in [0.5, 0.6) is 0 Å². The van der Waals surface area contributed by atoms with Gasteiger partial charge in [-0.15, -0.1) is 24.0 Å². The molecule has 0 atom stereocenters. The van der Waals surface area contributed by atoms with Crippen LogP contribution in [0.1, 0.15) is 46.5 Å². The minimum Gasteiger partial charge on any atom is -0.357 e. The second-order valence-corrected chi connectivity index (χ2v) is 4.69. The fraction of sp³-hybridized carbons (Fsp3) is 0.786. The van der Waals surface area contributed by atoms with Crippen molar-refractivity contribution >= 4 is 29.9 Å². The molecule has 0 fully saturated rings. The molecule has 0 saturated carbocycles. The molecule has 0 aliphatic heterocycles. The number of hydrogen-bond donors (Lipinski definition) is 2. The molecule has 2 N–H and O–H groups in total. The van der Waals surface area contributed by atoms with E-state index in [1.807, 2.05) is 0 Å². The SMILES string of the molecule is CCNC(=NCC(CC)CC)NC1CC=CC1.I. The van der Waals surface area contributed by atoms with Crippen LogP contribution < -0.4 is 10.6 Å². The molecule has 106 valence electrons. The molecule has 1 rings (SSSR count). The van der Waals surface area contributed by atoms with Gasteiger partial charge < -0.3 is 10.6 Å². The van der Waals surface area contributed by atoms with Crippen molar-refractivity contribution in [3.05, 3.63) is 12.2 Å². The zero-order valence-corrected chi connectivity index (χ0v) is 14.2. The summed E-state index contributed by atoms with van der Waals surface area (Å²) in [7, 11) is 0. The van der Waals surface area contributed by atoms with Crippen LogP contribution in [0.15, 0.2) is 17.1 Å². The monoisotopic (exact) mass is 365 g/mol. The predicted octanol–water partition coefficient (Wildman–Crippen LogP) is 3.31. The van der Waals surface area contributed by atoms with E-state index >= 15 is 0 Å². The summed E-state index contributed by atoms with van der Waals surface area (Å²) >= 11 is 0. The summed E-state index contributed by atoms with van der Waals surface area (Å²) in [6.45, 7) is 8.45. The lowest BCUT2D eigenvalue weighted by molar-refractivity contribution is 0.502. The second kappa shape index (κ2) is 10.6. The van der Waals surface area contributed by atoms with E-state index in [1.165, 1.54) is 12.8 Å². The summed E-state index contributed by atoms with van der Waals surface area (Å²) in [4.78, 5) is 4.69. The summed E-state index contributed by atoms with van der Waals surface area (Å²) < 4.78 is 0. The van der Waals surface area contributed by atoms with Gasteiger partial charge in [0.25, 0.3) is 0 Å². The summed E-state index contributed by atoms with van der Waals surface area (Å²) in [6.07, 6.45) is 9.14. The highest BCUT2D eigenvalue weighted by Gasteiger charge is 2.11. The maximum absolute atomic E-state index is 4.69. The Bertz CT molecular complexity index is 252. The van der Waals surface area contributed by atoms with Crippen molar-refractivity contribution in [3.8, 4) is 0 Å². The zero-order valence-electron chi connectivity index (χ0n) is 11.9. The standard InChI is InChI=1S/C14H27N3.HI/c1-4-12(5-2)11-16-14(15-6-3)17-13-9-7-8-10-13;/h7-8,12-13H,4-6,9-11H2,1-3H3,(H2,15,16,17);1H. The van der Waals surface area contributed by atoms with Crippen molar-refractivity contribution in [2.45, 2.75) is 52.5 Å². The third kappa shape index (κ3) is 6.61. The summed E-state index contributed by atoms with van der Waals surface area (Å²) in [6, 6.07) is 0.537. The van der Waals surface area contributed by atoms with Crippen LogP contribution in [0.3, 0.4) is 0 Å². The highest BCUT2D eigenvalue weighted by Crippen LogP contribution is 2.10. The van der Waals surface area contributed by atoms with Crippen molar-refractivity contribution < 1.29 is 0 Å². The predicted molar refractivity (Wildman–Crippen MR) is 90.8 cm³/mol. The lowest BCUT2D eigenvalue weighted by Crippen LogP contribution is -2.42. The lowest BCUT2D eigenvalue weighted by Gasteiger charge is -2.18. The van der Waals surface area contributed by atoms with Crippen LogP contribution in [0.25, 0.3) is 0 Å². The first-order valence-corrected chi connectivity index (χ1v) is 6.99. The van der Waals surface area contributed by atoms with Gasteiger partial charge in [0.15, 0.2) is 5.96 Å². The van der Waals surface area contributed by atoms with Gasteiger partial charge in [0, 0.05) is 19.1 Å². The number of nitrogens with one attached hydrogen (secondary N) is 2. The largest absolute Gasteiger partial charge is 0.357 e. The van der Waals surface area contributed by atoms with Gasteiger partial charge in [-0.1, -0.05) is 38.8 Å². The fourth-order valence-corrected chi connectivity index (χ4v) is 2.02. The van der Waals surface area contributed by atoms with Gasteiger partial charge in [0.2, 0.25) is 0 Å². The third-order valence-electron chi connectivity index (χ3n) is 3.36. The Morgan fingerprint density at radius 1 is 1.22 bits per heavy atom. The Morgan fingerprint density at radius 2 is 1.83 bits per heavy atom. The topological polar surface area (TPSA) is 36.4 Å². The van der Waals surface area contributed by atoms with Crippen molar-refractivity contribution in [1.82, 2.24) is 10.6 Å². The Hall–Kier alpha value is -0.260. The van der Waals surface area contributed by atoms with E-state index < -0.39 is 0 Å². The molecular weight excluding hydrogens is 337 g/mol. The molecule has 0 aromatic carbocycles. The molecule has 0 heterocycles. The van der Waals surface area contributed by atoms with E-state index in [1.54, 1.807) is 0 Å². The Labute approximate surface area is 129 Å². The van der Waals surface area contributed by atoms with Gasteiger partial charge in [-0.3, -0.25) is 4.99 Å². The first-order valence-electron chi connectivity index (χ1n) is 6.99. The average Bonchev–Trinajstić information content (AvgIpc) is 2.83. The number of nitrogens with zero attached hydrogens (tertiary/aromatic N) is 1. The van der Waals surface area contributed by atoms with Crippen LogP contribution in [-0.4, -0.2) is 25.1 Å². The quantitative estimate of drug-likeness (QED) is 0.328. The number of guanidine groups is 1. The van der Waals surface area contributed by atoms with Crippen LogP contribution in [-0.2, 0) is 0 Å². The molecule has 18 heavy (non-hydrogen) atoms. The molecule has 4 heteroatoms. The Balaban J connectivity index is 0.00000289. The molecule has 0 saturated heterocycles. The van der Waals surface area contributed by atoms with Gasteiger partial charge in [-0.2, -0.15) is 0 Å². The molecule has 1 aliphatic carbocycles. The van der Waals surface area contributed by atoms with E-state index in [2.05, 4.69) is 48.5 Å². The Morgan fingerprint density at radius 3 is 2.33 bits per heavy atom. The second-order valence-electron chi connectivity index (χ2n) is 4.69. The van der Waals surface area contributed by atoms with Crippen molar-refractivity contribution in [2.24, 2.45) is 10.9 Å². The maximum Gasteiger partial charge on any atom is 0.191 e. The highest BCUT2D eigenvalue weighted by molar-refractivity contribution is 14.0. The minimum atomic E-state index is 0. The normalized spacial score (nSPS) is 15.9. The Kier molecular flexibility index (Phi) is 10.5. The molecule has 0 aromatic heterocycles. The van der Waals surface area contributed by atoms with E-state index in [4.69, 9.17) is 0 Å². The first kappa shape index (κ1) is 17.7. The zero-order chi connectivity index (χ0) is 12.5. The molecule has 1 aliphatic rings. The number of aliphatic imine (C=N–C) groups is 1. The van der Waals surface area contributed by atoms with Crippen molar-refractivity contribution in [2.75, 3.05) is 13.1 Å². The van der Waals surface area contributed by atoms with E-state index in [9.17, 15) is 0 Å². The van der Waals surface area contributed by atoms with Crippen molar-refractivity contribution in [1.29, 1.82) is 0 Å². The maximum atomic E-state index is 4.69. The van der Waals surface area contributed by atoms with Gasteiger partial charge >= 0.3 is 0 Å². The molecule has 0 unspecified atom stereocenters. The fourth-order valence-electron chi connectivity index (χ4n) is 2.02. The summed E-state index contributed by atoms with van der Waals surface area (Å²) in [5.41, 5.74) is 0. The molecule has 3 nitrogen and oxygen atoms in total. The van der Waals surface area contributed by atoms with E-state index in [0.717, 1.165) is 31.9 Å². The average molecular weight is 365 g/mol. The van der Waals surface area contributed by atoms with Gasteiger partial charge in [-0.05, 0) is 25.7 Å². The van der Waals surface area contributed by atoms with Gasteiger partial charge in [-0.25, -0.2) is 0 Å². The highest BCUT2D eigenvalue weighted by atomic mass is 127. The van der Waals surface area contributed by atoms with Crippen LogP contribution in [0, 0.1) is 5.92 Å². The van der Waals surface area contributed by atoms with E-state index in [0.29, 0.717) is 12.0 Å². The van der Waals surface area contributed by atoms with E-state index in [-0.39, 0.29) is 24.0 Å². The molecule has 0 spiro atoms. The summed E-state index contributed by atoms with van der Waals surface area (Å²) in [5, 5.41) is 6.82. The molecule has 0 bridgehead atoms. The smallest absolute Gasteiger partial charge is 0.191 e. The molecule has 0 amide bonds. The minimum absolute atomic E-state index is 0. The van der Waals surface area contributed by atoms with Crippen LogP contribution in [0.2, 0.25) is 0 Å². The van der Waals surface area contributed by atoms with Crippen molar-refractivity contribution in [3.63, 3.8) is 0 Å². The van der Waals surface area contributed by atoms with Gasteiger partial charge in [0.1, 0.15) is 0 Å². The summed E-state index contributed by atoms with van der Waals surface area (Å²) in [5.74, 6) is 1.69. The number of hydrogen-bond acceptors (Lipinski definition) is 1. The van der Waals surface area contributed by atoms with Crippen LogP contribution >= 0.6 is 24.0 Å². The van der Waals surface area contributed by atoms with Gasteiger partial charge in [0.05, 0.1) is 0 Å². The molecule has 0 radical (unpaired) electrons. The first-order chi connectivity index (χ1) is 8.30. The number of rotatable bonds is 6. The lowest BCUT2D eigenvalue weighted by atomic mass is 10.0.